The Bertz CT molecular complexity index is 910. The molecule has 2 aliphatic rings. The number of benzene rings is 1. The zero-order valence-electron chi connectivity index (χ0n) is 14.9. The fraction of sp³-hybridized carbons (Fsp3) is 0.316. The van der Waals surface area contributed by atoms with Crippen LogP contribution in [0, 0.1) is 16.0 Å². The van der Waals surface area contributed by atoms with Crippen LogP contribution in [0.15, 0.2) is 42.6 Å². The van der Waals surface area contributed by atoms with Crippen molar-refractivity contribution < 1.29 is 24.0 Å². The van der Waals surface area contributed by atoms with E-state index in [1.165, 1.54) is 30.5 Å². The third kappa shape index (κ3) is 3.68. The molecule has 9 heteroatoms. The van der Waals surface area contributed by atoms with Crippen molar-refractivity contribution in [3.8, 4) is 0 Å². The molecule has 1 saturated heterocycles. The fourth-order valence-corrected chi connectivity index (χ4v) is 3.68. The second-order valence-electron chi connectivity index (χ2n) is 6.41. The number of nitro benzene ring substituents is 1. The number of ether oxygens (including phenoxy) is 1. The van der Waals surface area contributed by atoms with E-state index in [2.05, 4.69) is 0 Å². The molecule has 8 nitrogen and oxygen atoms in total. The molecule has 0 amide bonds. The molecule has 1 aromatic carbocycles. The van der Waals surface area contributed by atoms with Gasteiger partial charge in [0.2, 0.25) is 0 Å². The van der Waals surface area contributed by atoms with Crippen molar-refractivity contribution in [1.29, 1.82) is 0 Å². The van der Waals surface area contributed by atoms with E-state index in [1.54, 1.807) is 17.9 Å². The summed E-state index contributed by atoms with van der Waals surface area (Å²) in [4.78, 5) is 48.8. The smallest absolute Gasteiger partial charge is 0.311 e. The highest BCUT2D eigenvalue weighted by Gasteiger charge is 2.47. The maximum atomic E-state index is 12.5. The molecule has 146 valence electrons. The molecular formula is C19H17ClN2O6. The second kappa shape index (κ2) is 7.93. The van der Waals surface area contributed by atoms with Crippen molar-refractivity contribution in [2.75, 3.05) is 6.61 Å². The number of allylic oxidation sites excluding steroid dienone is 1. The summed E-state index contributed by atoms with van der Waals surface area (Å²) in [5.74, 6) is -1.59. The molecule has 0 spiro atoms. The molecule has 0 aromatic heterocycles. The van der Waals surface area contributed by atoms with Gasteiger partial charge in [0.15, 0.2) is 11.6 Å². The lowest BCUT2D eigenvalue weighted by Gasteiger charge is -2.29. The number of rotatable bonds is 6. The summed E-state index contributed by atoms with van der Waals surface area (Å²) in [6.45, 7) is 1.95. The number of non-ortho nitro benzene ring substituents is 1. The van der Waals surface area contributed by atoms with Gasteiger partial charge in [-0.15, -0.1) is 0 Å². The maximum absolute atomic E-state index is 12.5. The lowest BCUT2D eigenvalue weighted by molar-refractivity contribution is -0.384. The van der Waals surface area contributed by atoms with Gasteiger partial charge in [-0.2, -0.15) is 0 Å². The zero-order chi connectivity index (χ0) is 20.4. The van der Waals surface area contributed by atoms with Crippen LogP contribution in [-0.2, 0) is 14.3 Å². The third-order valence-electron chi connectivity index (χ3n) is 4.79. The molecule has 28 heavy (non-hydrogen) atoms. The first-order valence-electron chi connectivity index (χ1n) is 8.66. The quantitative estimate of drug-likeness (QED) is 0.236. The van der Waals surface area contributed by atoms with Crippen molar-refractivity contribution >= 4 is 34.8 Å². The summed E-state index contributed by atoms with van der Waals surface area (Å²) in [5, 5.41) is 11.0. The summed E-state index contributed by atoms with van der Waals surface area (Å²) in [5.41, 5.74) is -0.264. The number of nitrogens with zero attached hydrogens (tertiary/aromatic N) is 2. The molecule has 2 heterocycles. The molecule has 2 unspecified atom stereocenters. The van der Waals surface area contributed by atoms with E-state index in [-0.39, 0.29) is 34.6 Å². The van der Waals surface area contributed by atoms with Crippen LogP contribution >= 0.6 is 11.6 Å². The van der Waals surface area contributed by atoms with Gasteiger partial charge in [0, 0.05) is 30.0 Å². The molecule has 0 aliphatic carbocycles. The van der Waals surface area contributed by atoms with E-state index in [4.69, 9.17) is 16.3 Å². The van der Waals surface area contributed by atoms with E-state index in [1.807, 2.05) is 0 Å². The topological polar surface area (TPSA) is 107 Å². The molecule has 0 N–H and O–H groups in total. The Kier molecular flexibility index (Phi) is 5.60. The number of esters is 1. The van der Waals surface area contributed by atoms with Crippen LogP contribution in [0.1, 0.15) is 23.7 Å². The number of hydrogen-bond donors (Lipinski definition) is 0. The van der Waals surface area contributed by atoms with Crippen molar-refractivity contribution in [2.24, 2.45) is 5.92 Å². The van der Waals surface area contributed by atoms with E-state index in [0.717, 1.165) is 6.07 Å². The predicted molar refractivity (Wildman–Crippen MR) is 99.9 cm³/mol. The molecule has 1 fully saturated rings. The van der Waals surface area contributed by atoms with Gasteiger partial charge in [-0.05, 0) is 25.5 Å². The summed E-state index contributed by atoms with van der Waals surface area (Å²) in [6.07, 6.45) is 6.00. The minimum atomic E-state index is -0.616. The first kappa shape index (κ1) is 19.8. The monoisotopic (exact) mass is 404 g/mol. The first-order chi connectivity index (χ1) is 13.3. The fourth-order valence-electron chi connectivity index (χ4n) is 3.47. The number of nitro groups is 1. The average Bonchev–Trinajstić information content (AvgIpc) is 2.93. The number of halogens is 1. The van der Waals surface area contributed by atoms with Crippen LogP contribution in [0.5, 0.6) is 0 Å². The molecule has 1 aromatic rings. The molecule has 2 bridgehead atoms. The zero-order valence-corrected chi connectivity index (χ0v) is 15.7. The Labute approximate surface area is 165 Å². The van der Waals surface area contributed by atoms with Gasteiger partial charge in [0.1, 0.15) is 0 Å². The van der Waals surface area contributed by atoms with Gasteiger partial charge >= 0.3 is 5.97 Å². The van der Waals surface area contributed by atoms with Gasteiger partial charge in [0.05, 0.1) is 34.6 Å². The predicted octanol–water partition coefficient (Wildman–Crippen LogP) is 2.71. The molecular weight excluding hydrogens is 388 g/mol. The van der Waals surface area contributed by atoms with Crippen LogP contribution in [-0.4, -0.2) is 46.0 Å². The van der Waals surface area contributed by atoms with Crippen molar-refractivity contribution in [3.63, 3.8) is 0 Å². The molecule has 0 radical (unpaired) electrons. The van der Waals surface area contributed by atoms with Crippen LogP contribution in [0.2, 0.25) is 5.02 Å². The lowest BCUT2D eigenvalue weighted by atomic mass is 10.0. The Balaban J connectivity index is 1.84. The largest absolute Gasteiger partial charge is 0.466 e. The highest BCUT2D eigenvalue weighted by Crippen LogP contribution is 2.36. The van der Waals surface area contributed by atoms with Gasteiger partial charge < -0.3 is 9.64 Å². The van der Waals surface area contributed by atoms with Crippen molar-refractivity contribution in [2.45, 2.75) is 25.4 Å². The molecule has 2 aliphatic heterocycles. The van der Waals surface area contributed by atoms with E-state index < -0.39 is 28.7 Å². The highest BCUT2D eigenvalue weighted by molar-refractivity contribution is 6.34. The Morgan fingerprint density at radius 2 is 2.18 bits per heavy atom. The Morgan fingerprint density at radius 3 is 2.86 bits per heavy atom. The SMILES string of the molecule is CCOC(=O)[C@@H]1CC2C(=O)C=CC1N2/C=C/C(=O)c1cc([N+](=O)[O-])ccc1Cl. The van der Waals surface area contributed by atoms with Gasteiger partial charge in [-0.3, -0.25) is 24.5 Å². The summed E-state index contributed by atoms with van der Waals surface area (Å²) in [6, 6.07) is 2.64. The minimum absolute atomic E-state index is 0.0136. The van der Waals surface area contributed by atoms with E-state index >= 15 is 0 Å². The van der Waals surface area contributed by atoms with Crippen molar-refractivity contribution in [1.82, 2.24) is 4.90 Å². The lowest BCUT2D eigenvalue weighted by Crippen LogP contribution is -2.40. The summed E-state index contributed by atoms with van der Waals surface area (Å²) >= 11 is 5.99. The van der Waals surface area contributed by atoms with E-state index in [0.29, 0.717) is 6.42 Å². The number of hydrogen-bond acceptors (Lipinski definition) is 7. The normalized spacial score (nSPS) is 23.3. The number of carbonyl (C=O) groups excluding carboxylic acids is 3. The average molecular weight is 405 g/mol. The second-order valence-corrected chi connectivity index (χ2v) is 6.82. The van der Waals surface area contributed by atoms with Gasteiger partial charge in [-0.25, -0.2) is 0 Å². The minimum Gasteiger partial charge on any atom is -0.466 e. The van der Waals surface area contributed by atoms with Crippen molar-refractivity contribution in [3.05, 3.63) is 63.3 Å². The number of fused-ring (bicyclic) bond motifs is 2. The Hall–Kier alpha value is -3.00. The third-order valence-corrected chi connectivity index (χ3v) is 5.12. The summed E-state index contributed by atoms with van der Waals surface area (Å²) < 4.78 is 5.08. The van der Waals surface area contributed by atoms with E-state index in [9.17, 15) is 24.5 Å². The maximum Gasteiger partial charge on any atom is 0.311 e. The van der Waals surface area contributed by atoms with Crippen LogP contribution < -0.4 is 0 Å². The first-order valence-corrected chi connectivity index (χ1v) is 9.04. The standard InChI is InChI=1S/C19H17ClN2O6/c1-2-28-19(25)13-10-16-18(24)6-5-15(13)21(16)8-7-17(23)12-9-11(22(26)27)3-4-14(12)20/h3-9,13,15-16H,2,10H2,1H3/b8-7+/t13-,15?,16?/m1/s1. The molecule has 0 saturated carbocycles. The van der Waals surface area contributed by atoms with Crippen LogP contribution in [0.25, 0.3) is 0 Å². The number of ketones is 2. The Morgan fingerprint density at radius 1 is 1.43 bits per heavy atom. The molecule has 3 rings (SSSR count). The van der Waals surface area contributed by atoms with Crippen LogP contribution in [0.4, 0.5) is 5.69 Å². The summed E-state index contributed by atoms with van der Waals surface area (Å²) in [7, 11) is 0. The van der Waals surface area contributed by atoms with Gasteiger partial charge in [0.25, 0.3) is 5.69 Å². The molecule has 3 atom stereocenters. The van der Waals surface area contributed by atoms with Gasteiger partial charge in [-0.1, -0.05) is 17.7 Å². The van der Waals surface area contributed by atoms with Crippen LogP contribution in [0.3, 0.4) is 0 Å². The number of carbonyl (C=O) groups is 3. The highest BCUT2D eigenvalue weighted by atomic mass is 35.5.